The van der Waals surface area contributed by atoms with Crippen LogP contribution in [-0.4, -0.2) is 46.7 Å². The van der Waals surface area contributed by atoms with Crippen LogP contribution in [0.4, 0.5) is 0 Å². The van der Waals surface area contributed by atoms with Gasteiger partial charge < -0.3 is 9.47 Å². The Bertz CT molecular complexity index is 914. The monoisotopic (exact) mass is 404 g/mol. The predicted octanol–water partition coefficient (Wildman–Crippen LogP) is 2.82. The summed E-state index contributed by atoms with van der Waals surface area (Å²) in [5.41, 5.74) is 2.71. The van der Waals surface area contributed by atoms with Crippen LogP contribution in [0.5, 0.6) is 11.5 Å². The van der Waals surface area contributed by atoms with Crippen LogP contribution in [0.25, 0.3) is 0 Å². The maximum absolute atomic E-state index is 12.9. The van der Waals surface area contributed by atoms with Crippen molar-refractivity contribution in [2.24, 2.45) is 0 Å². The molecule has 0 spiro atoms. The van der Waals surface area contributed by atoms with Crippen LogP contribution in [0.15, 0.2) is 47.4 Å². The second kappa shape index (κ2) is 8.94. The number of ether oxygens (including phenoxy) is 2. The van der Waals surface area contributed by atoms with Gasteiger partial charge in [0.1, 0.15) is 16.4 Å². The average Bonchev–Trinajstić information content (AvgIpc) is 2.73. The fourth-order valence-electron chi connectivity index (χ4n) is 3.64. The zero-order chi connectivity index (χ0) is 20.1. The molecule has 1 N–H and O–H groups in total. The topological polar surface area (TPSA) is 67.9 Å². The SMILES string of the molecule is CCC(CNS(=O)(=O)c1cc(OC)ccc1OC)N1CCc2ccccc2C1. The van der Waals surface area contributed by atoms with Crippen molar-refractivity contribution in [1.82, 2.24) is 9.62 Å². The lowest BCUT2D eigenvalue weighted by Gasteiger charge is -2.35. The average molecular weight is 405 g/mol. The summed E-state index contributed by atoms with van der Waals surface area (Å²) in [4.78, 5) is 2.45. The lowest BCUT2D eigenvalue weighted by atomic mass is 9.98. The van der Waals surface area contributed by atoms with Gasteiger partial charge in [-0.25, -0.2) is 13.1 Å². The molecule has 1 aliphatic rings. The first kappa shape index (κ1) is 20.6. The van der Waals surface area contributed by atoms with Gasteiger partial charge in [-0.05, 0) is 36.1 Å². The van der Waals surface area contributed by atoms with E-state index in [1.807, 2.05) is 0 Å². The summed E-state index contributed by atoms with van der Waals surface area (Å²) >= 11 is 0. The molecule has 2 aromatic rings. The molecule has 0 amide bonds. The Kier molecular flexibility index (Phi) is 6.59. The molecule has 0 fully saturated rings. The fourth-order valence-corrected chi connectivity index (χ4v) is 4.89. The molecule has 152 valence electrons. The van der Waals surface area contributed by atoms with Crippen molar-refractivity contribution in [3.8, 4) is 11.5 Å². The predicted molar refractivity (Wildman–Crippen MR) is 109 cm³/mol. The Balaban J connectivity index is 1.73. The van der Waals surface area contributed by atoms with Crippen LogP contribution in [0.2, 0.25) is 0 Å². The summed E-state index contributed by atoms with van der Waals surface area (Å²) in [6.07, 6.45) is 1.85. The highest BCUT2D eigenvalue weighted by molar-refractivity contribution is 7.89. The van der Waals surface area contributed by atoms with Crippen molar-refractivity contribution in [1.29, 1.82) is 0 Å². The van der Waals surface area contributed by atoms with E-state index in [1.54, 1.807) is 12.1 Å². The molecule has 0 radical (unpaired) electrons. The highest BCUT2D eigenvalue weighted by Crippen LogP contribution is 2.28. The highest BCUT2D eigenvalue weighted by Gasteiger charge is 2.26. The van der Waals surface area contributed by atoms with Crippen molar-refractivity contribution >= 4 is 10.0 Å². The first-order valence-corrected chi connectivity index (χ1v) is 11.0. The summed E-state index contributed by atoms with van der Waals surface area (Å²) in [6.45, 7) is 4.21. The van der Waals surface area contributed by atoms with Gasteiger partial charge in [0.15, 0.2) is 0 Å². The van der Waals surface area contributed by atoms with Gasteiger partial charge in [0, 0.05) is 31.7 Å². The Morgan fingerprint density at radius 3 is 2.54 bits per heavy atom. The maximum Gasteiger partial charge on any atom is 0.244 e. The Morgan fingerprint density at radius 1 is 1.11 bits per heavy atom. The highest BCUT2D eigenvalue weighted by atomic mass is 32.2. The standard InChI is InChI=1S/C21H28N2O4S/c1-4-18(23-12-11-16-7-5-6-8-17(16)15-23)14-22-28(24,25)21-13-19(26-2)9-10-20(21)27-3/h5-10,13,18,22H,4,11-12,14-15H2,1-3H3. The lowest BCUT2D eigenvalue weighted by molar-refractivity contribution is 0.175. The zero-order valence-electron chi connectivity index (χ0n) is 16.6. The molecule has 0 saturated carbocycles. The van der Waals surface area contributed by atoms with Crippen molar-refractivity contribution < 1.29 is 17.9 Å². The van der Waals surface area contributed by atoms with Crippen molar-refractivity contribution in [3.05, 3.63) is 53.6 Å². The summed E-state index contributed by atoms with van der Waals surface area (Å²) in [7, 11) is -0.756. The second-order valence-corrected chi connectivity index (χ2v) is 8.66. The third-order valence-corrected chi connectivity index (χ3v) is 6.76. The van der Waals surface area contributed by atoms with E-state index < -0.39 is 10.0 Å². The quantitative estimate of drug-likeness (QED) is 0.733. The van der Waals surface area contributed by atoms with E-state index in [0.29, 0.717) is 18.0 Å². The molecule has 3 rings (SSSR count). The number of benzene rings is 2. The summed E-state index contributed by atoms with van der Waals surface area (Å²) in [5.74, 6) is 0.772. The molecular weight excluding hydrogens is 376 g/mol. The molecule has 1 unspecified atom stereocenters. The molecule has 1 heterocycles. The number of hydrogen-bond acceptors (Lipinski definition) is 5. The normalized spacial score (nSPS) is 15.7. The van der Waals surface area contributed by atoms with E-state index in [2.05, 4.69) is 40.8 Å². The number of hydrogen-bond donors (Lipinski definition) is 1. The van der Waals surface area contributed by atoms with Crippen LogP contribution in [-0.2, 0) is 23.0 Å². The molecule has 0 aromatic heterocycles. The van der Waals surface area contributed by atoms with Gasteiger partial charge in [-0.3, -0.25) is 4.90 Å². The zero-order valence-corrected chi connectivity index (χ0v) is 17.5. The minimum absolute atomic E-state index is 0.0909. The van der Waals surface area contributed by atoms with Gasteiger partial charge in [-0.1, -0.05) is 31.2 Å². The third-order valence-electron chi connectivity index (χ3n) is 5.32. The molecule has 28 heavy (non-hydrogen) atoms. The Morgan fingerprint density at radius 2 is 1.86 bits per heavy atom. The summed E-state index contributed by atoms with van der Waals surface area (Å²) in [5, 5.41) is 0. The first-order chi connectivity index (χ1) is 13.5. The number of fused-ring (bicyclic) bond motifs is 1. The van der Waals surface area contributed by atoms with Crippen LogP contribution in [0.1, 0.15) is 24.5 Å². The van der Waals surface area contributed by atoms with Gasteiger partial charge in [-0.2, -0.15) is 0 Å². The van der Waals surface area contributed by atoms with E-state index >= 15 is 0 Å². The molecule has 0 aliphatic carbocycles. The molecule has 2 aromatic carbocycles. The van der Waals surface area contributed by atoms with Gasteiger partial charge in [0.05, 0.1) is 14.2 Å². The van der Waals surface area contributed by atoms with Crippen LogP contribution >= 0.6 is 0 Å². The van der Waals surface area contributed by atoms with Gasteiger partial charge in [-0.15, -0.1) is 0 Å². The van der Waals surface area contributed by atoms with Crippen molar-refractivity contribution in [2.75, 3.05) is 27.3 Å². The number of nitrogens with zero attached hydrogens (tertiary/aromatic N) is 1. The molecule has 0 bridgehead atoms. The Labute approximate surface area is 167 Å². The number of methoxy groups -OCH3 is 2. The molecule has 6 nitrogen and oxygen atoms in total. The van der Waals surface area contributed by atoms with E-state index in [9.17, 15) is 8.42 Å². The van der Waals surface area contributed by atoms with E-state index in [0.717, 1.165) is 25.9 Å². The van der Waals surface area contributed by atoms with E-state index in [-0.39, 0.29) is 10.9 Å². The maximum atomic E-state index is 12.9. The van der Waals surface area contributed by atoms with Crippen LogP contribution in [0.3, 0.4) is 0 Å². The lowest BCUT2D eigenvalue weighted by Crippen LogP contribution is -2.45. The molecule has 0 saturated heterocycles. The van der Waals surface area contributed by atoms with Gasteiger partial charge >= 0.3 is 0 Å². The number of rotatable bonds is 8. The minimum atomic E-state index is -3.72. The summed E-state index contributed by atoms with van der Waals surface area (Å²) in [6, 6.07) is 13.3. The first-order valence-electron chi connectivity index (χ1n) is 9.51. The largest absolute Gasteiger partial charge is 0.497 e. The van der Waals surface area contributed by atoms with Crippen molar-refractivity contribution in [2.45, 2.75) is 37.2 Å². The number of nitrogens with one attached hydrogen (secondary N) is 1. The minimum Gasteiger partial charge on any atom is -0.497 e. The van der Waals surface area contributed by atoms with Gasteiger partial charge in [0.25, 0.3) is 0 Å². The molecular formula is C21H28N2O4S. The second-order valence-electron chi connectivity index (χ2n) is 6.92. The fraction of sp³-hybridized carbons (Fsp3) is 0.429. The molecule has 1 atom stereocenters. The molecule has 7 heteroatoms. The van der Waals surface area contributed by atoms with Crippen LogP contribution in [0, 0.1) is 0 Å². The Hall–Kier alpha value is -2.09. The van der Waals surface area contributed by atoms with Crippen LogP contribution < -0.4 is 14.2 Å². The molecule has 1 aliphatic heterocycles. The summed E-state index contributed by atoms with van der Waals surface area (Å²) < 4.78 is 39.0. The van der Waals surface area contributed by atoms with E-state index in [4.69, 9.17) is 9.47 Å². The number of sulfonamides is 1. The van der Waals surface area contributed by atoms with Gasteiger partial charge in [0.2, 0.25) is 10.0 Å². The smallest absolute Gasteiger partial charge is 0.244 e. The van der Waals surface area contributed by atoms with E-state index in [1.165, 1.54) is 31.4 Å². The third kappa shape index (κ3) is 4.48. The van der Waals surface area contributed by atoms with Crippen molar-refractivity contribution in [3.63, 3.8) is 0 Å².